The van der Waals surface area contributed by atoms with Gasteiger partial charge in [0.05, 0.1) is 5.69 Å². The van der Waals surface area contributed by atoms with E-state index in [1.165, 1.54) is 0 Å². The zero-order valence-corrected chi connectivity index (χ0v) is 15.9. The largest absolute Gasteiger partial charge is 0.321 e. The first kappa shape index (κ1) is 16.7. The normalized spacial score (nSPS) is 11.0. The monoisotopic (exact) mass is 385 g/mol. The SMILES string of the molecule is CCc1nc2c(C)cc(Br)cn2c1C(=O)Nc1cc(C)cc(C)c1. The Labute approximate surface area is 150 Å². The predicted molar refractivity (Wildman–Crippen MR) is 101 cm³/mol. The number of hydrogen-bond acceptors (Lipinski definition) is 2. The summed E-state index contributed by atoms with van der Waals surface area (Å²) in [6.07, 6.45) is 2.60. The number of nitrogens with zero attached hydrogens (tertiary/aromatic N) is 2. The Morgan fingerprint density at radius 2 is 1.83 bits per heavy atom. The summed E-state index contributed by atoms with van der Waals surface area (Å²) in [4.78, 5) is 17.6. The van der Waals surface area contributed by atoms with Crippen LogP contribution in [0.25, 0.3) is 5.65 Å². The highest BCUT2D eigenvalue weighted by Crippen LogP contribution is 2.22. The van der Waals surface area contributed by atoms with Crippen molar-refractivity contribution in [2.45, 2.75) is 34.1 Å². The van der Waals surface area contributed by atoms with Crippen LogP contribution >= 0.6 is 15.9 Å². The lowest BCUT2D eigenvalue weighted by Gasteiger charge is -2.09. The molecule has 1 amide bonds. The number of hydrogen-bond donors (Lipinski definition) is 1. The number of aromatic nitrogens is 2. The molecule has 0 aliphatic rings. The molecular formula is C19H20BrN3O. The number of rotatable bonds is 3. The number of halogens is 1. The van der Waals surface area contributed by atoms with E-state index in [1.54, 1.807) is 0 Å². The van der Waals surface area contributed by atoms with Gasteiger partial charge in [-0.1, -0.05) is 13.0 Å². The number of carbonyl (C=O) groups is 1. The number of fused-ring (bicyclic) bond motifs is 1. The molecule has 2 heterocycles. The van der Waals surface area contributed by atoms with Gasteiger partial charge in [-0.2, -0.15) is 0 Å². The number of nitrogens with one attached hydrogen (secondary N) is 1. The number of carbonyl (C=O) groups excluding carboxylic acids is 1. The lowest BCUT2D eigenvalue weighted by Crippen LogP contribution is -2.16. The van der Waals surface area contributed by atoms with Crippen molar-refractivity contribution >= 4 is 33.2 Å². The van der Waals surface area contributed by atoms with Crippen molar-refractivity contribution in [3.05, 3.63) is 63.0 Å². The second kappa shape index (κ2) is 6.40. The highest BCUT2D eigenvalue weighted by atomic mass is 79.9. The number of anilines is 1. The first-order chi connectivity index (χ1) is 11.4. The summed E-state index contributed by atoms with van der Waals surface area (Å²) in [6, 6.07) is 8.04. The molecule has 0 bridgehead atoms. The van der Waals surface area contributed by atoms with Crippen molar-refractivity contribution in [2.75, 3.05) is 5.32 Å². The zero-order valence-electron chi connectivity index (χ0n) is 14.3. The zero-order chi connectivity index (χ0) is 17.4. The third-order valence-electron chi connectivity index (χ3n) is 3.97. The standard InChI is InChI=1S/C19H20BrN3O/c1-5-16-17(23-10-14(20)9-13(4)18(23)22-16)19(24)21-15-7-11(2)6-12(3)8-15/h6-10H,5H2,1-4H3,(H,21,24). The smallest absolute Gasteiger partial charge is 0.274 e. The highest BCUT2D eigenvalue weighted by Gasteiger charge is 2.20. The summed E-state index contributed by atoms with van der Waals surface area (Å²) in [5, 5.41) is 3.02. The van der Waals surface area contributed by atoms with E-state index in [4.69, 9.17) is 0 Å². The third kappa shape index (κ3) is 3.08. The van der Waals surface area contributed by atoms with Crippen LogP contribution < -0.4 is 5.32 Å². The summed E-state index contributed by atoms with van der Waals surface area (Å²) in [6.45, 7) is 8.06. The molecule has 0 atom stereocenters. The molecule has 3 aromatic rings. The van der Waals surface area contributed by atoms with Crippen LogP contribution in [0.1, 0.15) is 39.8 Å². The second-order valence-electron chi connectivity index (χ2n) is 6.13. The first-order valence-electron chi connectivity index (χ1n) is 7.95. The molecule has 0 aliphatic carbocycles. The van der Waals surface area contributed by atoms with E-state index in [2.05, 4.69) is 32.3 Å². The fraction of sp³-hybridized carbons (Fsp3) is 0.263. The van der Waals surface area contributed by atoms with Gasteiger partial charge in [0.25, 0.3) is 5.91 Å². The second-order valence-corrected chi connectivity index (χ2v) is 7.04. The molecule has 0 spiro atoms. The molecule has 1 N–H and O–H groups in total. The summed E-state index contributed by atoms with van der Waals surface area (Å²) in [5.74, 6) is -0.137. The molecule has 124 valence electrons. The molecule has 0 unspecified atom stereocenters. The van der Waals surface area contributed by atoms with Gasteiger partial charge in [0.15, 0.2) is 0 Å². The van der Waals surface area contributed by atoms with E-state index in [0.717, 1.165) is 38.2 Å². The van der Waals surface area contributed by atoms with E-state index < -0.39 is 0 Å². The van der Waals surface area contributed by atoms with Gasteiger partial charge in [-0.25, -0.2) is 4.98 Å². The van der Waals surface area contributed by atoms with Crippen LogP contribution in [-0.2, 0) is 6.42 Å². The molecule has 0 saturated heterocycles. The van der Waals surface area contributed by atoms with Crippen LogP contribution in [0.5, 0.6) is 0 Å². The number of amides is 1. The lowest BCUT2D eigenvalue weighted by atomic mass is 10.1. The van der Waals surface area contributed by atoms with Gasteiger partial charge >= 0.3 is 0 Å². The first-order valence-corrected chi connectivity index (χ1v) is 8.75. The number of pyridine rings is 1. The maximum Gasteiger partial charge on any atom is 0.274 e. The van der Waals surface area contributed by atoms with Crippen LogP contribution in [0.4, 0.5) is 5.69 Å². The van der Waals surface area contributed by atoms with Gasteiger partial charge in [0, 0.05) is 16.4 Å². The van der Waals surface area contributed by atoms with Crippen molar-refractivity contribution in [3.8, 4) is 0 Å². The molecule has 24 heavy (non-hydrogen) atoms. The van der Waals surface area contributed by atoms with Crippen LogP contribution in [-0.4, -0.2) is 15.3 Å². The third-order valence-corrected chi connectivity index (χ3v) is 4.41. The molecule has 2 aromatic heterocycles. The van der Waals surface area contributed by atoms with E-state index in [9.17, 15) is 4.79 Å². The Hall–Kier alpha value is -2.14. The van der Waals surface area contributed by atoms with Crippen LogP contribution in [0, 0.1) is 20.8 Å². The summed E-state index contributed by atoms with van der Waals surface area (Å²) in [7, 11) is 0. The molecule has 1 aromatic carbocycles. The number of aryl methyl sites for hydroxylation is 4. The molecule has 0 saturated carbocycles. The Morgan fingerprint density at radius 1 is 1.17 bits per heavy atom. The Balaban J connectivity index is 2.09. The average Bonchev–Trinajstić information content (AvgIpc) is 2.84. The molecular weight excluding hydrogens is 366 g/mol. The van der Waals surface area contributed by atoms with E-state index in [-0.39, 0.29) is 5.91 Å². The van der Waals surface area contributed by atoms with Crippen molar-refractivity contribution < 1.29 is 4.79 Å². The highest BCUT2D eigenvalue weighted by molar-refractivity contribution is 9.10. The van der Waals surface area contributed by atoms with Gasteiger partial charge in [0.1, 0.15) is 11.3 Å². The van der Waals surface area contributed by atoms with E-state index in [0.29, 0.717) is 12.1 Å². The maximum atomic E-state index is 12.9. The van der Waals surface area contributed by atoms with Gasteiger partial charge in [-0.3, -0.25) is 9.20 Å². The van der Waals surface area contributed by atoms with Crippen LogP contribution in [0.15, 0.2) is 34.9 Å². The summed E-state index contributed by atoms with van der Waals surface area (Å²) < 4.78 is 2.80. The van der Waals surface area contributed by atoms with Crippen molar-refractivity contribution in [3.63, 3.8) is 0 Å². The Morgan fingerprint density at radius 3 is 2.46 bits per heavy atom. The quantitative estimate of drug-likeness (QED) is 0.701. The van der Waals surface area contributed by atoms with Crippen LogP contribution in [0.2, 0.25) is 0 Å². The van der Waals surface area contributed by atoms with Crippen LogP contribution in [0.3, 0.4) is 0 Å². The fourth-order valence-electron chi connectivity index (χ4n) is 3.04. The molecule has 0 fully saturated rings. The molecule has 0 aliphatic heterocycles. The van der Waals surface area contributed by atoms with Crippen molar-refractivity contribution in [1.82, 2.24) is 9.38 Å². The van der Waals surface area contributed by atoms with Gasteiger partial charge in [-0.15, -0.1) is 0 Å². The molecule has 0 radical (unpaired) electrons. The van der Waals surface area contributed by atoms with Crippen molar-refractivity contribution in [1.29, 1.82) is 0 Å². The van der Waals surface area contributed by atoms with Crippen molar-refractivity contribution in [2.24, 2.45) is 0 Å². The molecule has 3 rings (SSSR count). The van der Waals surface area contributed by atoms with Gasteiger partial charge in [-0.05, 0) is 78.0 Å². The average molecular weight is 386 g/mol. The summed E-state index contributed by atoms with van der Waals surface area (Å²) >= 11 is 3.50. The number of benzene rings is 1. The topological polar surface area (TPSA) is 46.4 Å². The van der Waals surface area contributed by atoms with Gasteiger partial charge in [0.2, 0.25) is 0 Å². The molecule has 4 nitrogen and oxygen atoms in total. The molecule has 5 heteroatoms. The fourth-order valence-corrected chi connectivity index (χ4v) is 3.59. The predicted octanol–water partition coefficient (Wildman–Crippen LogP) is 4.84. The summed E-state index contributed by atoms with van der Waals surface area (Å²) in [5.41, 5.74) is 6.30. The van der Waals surface area contributed by atoms with E-state index in [1.807, 2.05) is 56.5 Å². The Bertz CT molecular complexity index is 923. The van der Waals surface area contributed by atoms with E-state index >= 15 is 0 Å². The lowest BCUT2D eigenvalue weighted by molar-refractivity contribution is 0.102. The van der Waals surface area contributed by atoms with Gasteiger partial charge < -0.3 is 5.32 Å². The minimum Gasteiger partial charge on any atom is -0.321 e. The Kier molecular flexibility index (Phi) is 4.45. The number of imidazole rings is 1. The minimum absolute atomic E-state index is 0.137. The maximum absolute atomic E-state index is 12.9. The minimum atomic E-state index is -0.137.